The molecule has 2 aromatic rings. The molecule has 1 atom stereocenters. The highest BCUT2D eigenvalue weighted by atomic mass is 79.9. The van der Waals surface area contributed by atoms with Crippen LogP contribution in [0.1, 0.15) is 17.2 Å². The van der Waals surface area contributed by atoms with Gasteiger partial charge in [0.15, 0.2) is 0 Å². The Morgan fingerprint density at radius 1 is 1.38 bits per heavy atom. The van der Waals surface area contributed by atoms with Crippen molar-refractivity contribution in [1.29, 1.82) is 0 Å². The second-order valence-corrected chi connectivity index (χ2v) is 5.70. The molecule has 1 amide bonds. The van der Waals surface area contributed by atoms with Crippen LogP contribution in [0.5, 0.6) is 0 Å². The summed E-state index contributed by atoms with van der Waals surface area (Å²) in [6.07, 6.45) is -1.34. The number of rotatable bonds is 4. The van der Waals surface area contributed by atoms with Gasteiger partial charge < -0.3 is 10.6 Å². The number of carbonyl (C=O) groups excluding carboxylic acids is 1. The first-order valence-electron chi connectivity index (χ1n) is 6.56. The Balaban J connectivity index is 0.00000288. The van der Waals surface area contributed by atoms with Crippen molar-refractivity contribution in [3.05, 3.63) is 46.2 Å². The fraction of sp³-hybridized carbons (Fsp3) is 0.286. The molecule has 1 unspecified atom stereocenters. The SMILES string of the molecule is CNC(C(=O)Nc1ccc(Br)c(C(F)(F)F)c1)c1cnn(C)c1.Cl. The predicted molar refractivity (Wildman–Crippen MR) is 90.0 cm³/mol. The molecule has 0 aliphatic heterocycles. The molecular formula is C14H15BrClF3N4O. The van der Waals surface area contributed by atoms with Crippen molar-refractivity contribution in [3.8, 4) is 0 Å². The second-order valence-electron chi connectivity index (χ2n) is 4.85. The van der Waals surface area contributed by atoms with Crippen molar-refractivity contribution in [3.63, 3.8) is 0 Å². The molecule has 0 radical (unpaired) electrons. The fourth-order valence-corrected chi connectivity index (χ4v) is 2.54. The second kappa shape index (κ2) is 8.00. The van der Waals surface area contributed by atoms with Gasteiger partial charge in [-0.3, -0.25) is 9.48 Å². The highest BCUT2D eigenvalue weighted by Gasteiger charge is 2.33. The lowest BCUT2D eigenvalue weighted by Crippen LogP contribution is -2.30. The summed E-state index contributed by atoms with van der Waals surface area (Å²) in [5, 5.41) is 9.27. The predicted octanol–water partition coefficient (Wildman–Crippen LogP) is 3.52. The first kappa shape index (κ1) is 20.5. The average molecular weight is 428 g/mol. The number of carbonyl (C=O) groups is 1. The van der Waals surface area contributed by atoms with Gasteiger partial charge in [0, 0.05) is 29.0 Å². The van der Waals surface area contributed by atoms with Gasteiger partial charge in [-0.2, -0.15) is 18.3 Å². The Morgan fingerprint density at radius 2 is 2.04 bits per heavy atom. The number of hydrogen-bond acceptors (Lipinski definition) is 3. The maximum atomic E-state index is 12.9. The van der Waals surface area contributed by atoms with Crippen molar-refractivity contribution in [2.45, 2.75) is 12.2 Å². The van der Waals surface area contributed by atoms with Crippen molar-refractivity contribution in [2.75, 3.05) is 12.4 Å². The van der Waals surface area contributed by atoms with E-state index in [4.69, 9.17) is 0 Å². The molecule has 132 valence electrons. The molecule has 10 heteroatoms. The summed E-state index contributed by atoms with van der Waals surface area (Å²) in [6, 6.07) is 2.81. The Bertz CT molecular complexity index is 720. The summed E-state index contributed by atoms with van der Waals surface area (Å²) in [6.45, 7) is 0. The molecule has 1 aromatic heterocycles. The molecule has 0 aliphatic rings. The molecule has 1 aromatic carbocycles. The van der Waals surface area contributed by atoms with Gasteiger partial charge >= 0.3 is 6.18 Å². The van der Waals surface area contributed by atoms with Crippen LogP contribution in [0.4, 0.5) is 18.9 Å². The van der Waals surface area contributed by atoms with Crippen LogP contribution in [0.3, 0.4) is 0 Å². The van der Waals surface area contributed by atoms with E-state index in [1.54, 1.807) is 20.3 Å². The number of hydrogen-bond donors (Lipinski definition) is 2. The topological polar surface area (TPSA) is 59.0 Å². The van der Waals surface area contributed by atoms with Gasteiger partial charge in [-0.1, -0.05) is 15.9 Å². The first-order chi connectivity index (χ1) is 10.7. The molecule has 2 rings (SSSR count). The molecule has 0 fully saturated rings. The van der Waals surface area contributed by atoms with Crippen LogP contribution in [-0.4, -0.2) is 22.7 Å². The third-order valence-electron chi connectivity index (χ3n) is 3.15. The number of aromatic nitrogens is 2. The van der Waals surface area contributed by atoms with E-state index in [0.717, 1.165) is 6.07 Å². The summed E-state index contributed by atoms with van der Waals surface area (Å²) in [7, 11) is 3.29. The molecule has 0 saturated heterocycles. The summed E-state index contributed by atoms with van der Waals surface area (Å²) >= 11 is 2.86. The highest BCUT2D eigenvalue weighted by Crippen LogP contribution is 2.36. The fourth-order valence-electron chi connectivity index (χ4n) is 2.07. The Labute approximate surface area is 151 Å². The normalized spacial score (nSPS) is 12.4. The van der Waals surface area contributed by atoms with Gasteiger partial charge in [0.05, 0.1) is 11.8 Å². The van der Waals surface area contributed by atoms with Crippen LogP contribution in [0.15, 0.2) is 35.1 Å². The number of halogens is 5. The van der Waals surface area contributed by atoms with Gasteiger partial charge in [0.1, 0.15) is 6.04 Å². The molecule has 2 N–H and O–H groups in total. The van der Waals surface area contributed by atoms with Crippen molar-refractivity contribution in [1.82, 2.24) is 15.1 Å². The molecule has 1 heterocycles. The highest BCUT2D eigenvalue weighted by molar-refractivity contribution is 9.10. The monoisotopic (exact) mass is 426 g/mol. The third-order valence-corrected chi connectivity index (χ3v) is 3.84. The number of amides is 1. The zero-order valence-corrected chi connectivity index (χ0v) is 15.1. The van der Waals surface area contributed by atoms with Crippen LogP contribution in [0, 0.1) is 0 Å². The van der Waals surface area contributed by atoms with Crippen LogP contribution < -0.4 is 10.6 Å². The maximum Gasteiger partial charge on any atom is 0.417 e. The number of aryl methyl sites for hydroxylation is 1. The van der Waals surface area contributed by atoms with Gasteiger partial charge in [-0.05, 0) is 25.2 Å². The van der Waals surface area contributed by atoms with Crippen LogP contribution in [-0.2, 0) is 18.0 Å². The number of nitrogens with one attached hydrogen (secondary N) is 2. The van der Waals surface area contributed by atoms with E-state index < -0.39 is 23.7 Å². The summed E-state index contributed by atoms with van der Waals surface area (Å²) in [5.41, 5.74) is -0.173. The number of likely N-dealkylation sites (N-methyl/N-ethyl adjacent to an activating group) is 1. The van der Waals surface area contributed by atoms with E-state index in [2.05, 4.69) is 31.7 Å². The Hall–Kier alpha value is -1.58. The number of nitrogens with zero attached hydrogens (tertiary/aromatic N) is 2. The third kappa shape index (κ3) is 4.71. The van der Waals surface area contributed by atoms with Gasteiger partial charge in [-0.15, -0.1) is 12.4 Å². The van der Waals surface area contributed by atoms with Gasteiger partial charge in [0.2, 0.25) is 5.91 Å². The minimum atomic E-state index is -4.51. The van der Waals surface area contributed by atoms with Crippen LogP contribution in [0.25, 0.3) is 0 Å². The zero-order valence-electron chi connectivity index (χ0n) is 12.7. The lowest BCUT2D eigenvalue weighted by atomic mass is 10.1. The molecule has 0 bridgehead atoms. The number of benzene rings is 1. The maximum absolute atomic E-state index is 12.9. The van der Waals surface area contributed by atoms with Crippen molar-refractivity contribution in [2.24, 2.45) is 7.05 Å². The van der Waals surface area contributed by atoms with Crippen molar-refractivity contribution < 1.29 is 18.0 Å². The van der Waals surface area contributed by atoms with Crippen LogP contribution >= 0.6 is 28.3 Å². The van der Waals surface area contributed by atoms with E-state index in [1.165, 1.54) is 23.0 Å². The summed E-state index contributed by atoms with van der Waals surface area (Å²) in [4.78, 5) is 12.3. The molecule has 5 nitrogen and oxygen atoms in total. The minimum Gasteiger partial charge on any atom is -0.324 e. The minimum absolute atomic E-state index is 0. The van der Waals surface area contributed by atoms with E-state index >= 15 is 0 Å². The molecule has 24 heavy (non-hydrogen) atoms. The lowest BCUT2D eigenvalue weighted by Gasteiger charge is -2.16. The van der Waals surface area contributed by atoms with Gasteiger partial charge in [0.25, 0.3) is 0 Å². The first-order valence-corrected chi connectivity index (χ1v) is 7.35. The standard InChI is InChI=1S/C14H14BrF3N4O.ClH/c1-19-12(8-6-20-22(2)7-8)13(23)21-9-3-4-11(15)10(5-9)14(16,17)18;/h3-7,12,19H,1-2H3,(H,21,23);1H. The average Bonchev–Trinajstić information content (AvgIpc) is 2.87. The largest absolute Gasteiger partial charge is 0.417 e. The molecule has 0 spiro atoms. The Kier molecular flexibility index (Phi) is 6.82. The number of anilines is 1. The smallest absolute Gasteiger partial charge is 0.324 e. The van der Waals surface area contributed by atoms with E-state index in [1.807, 2.05) is 0 Å². The lowest BCUT2D eigenvalue weighted by molar-refractivity contribution is -0.138. The van der Waals surface area contributed by atoms with E-state index in [0.29, 0.717) is 5.56 Å². The van der Waals surface area contributed by atoms with Gasteiger partial charge in [-0.25, -0.2) is 0 Å². The summed E-state index contributed by atoms with van der Waals surface area (Å²) in [5.74, 6) is -0.476. The Morgan fingerprint density at radius 3 is 2.54 bits per heavy atom. The zero-order chi connectivity index (χ0) is 17.2. The summed E-state index contributed by atoms with van der Waals surface area (Å²) < 4.78 is 40.1. The van der Waals surface area contributed by atoms with Crippen LogP contribution in [0.2, 0.25) is 0 Å². The quantitative estimate of drug-likeness (QED) is 0.785. The van der Waals surface area contributed by atoms with E-state index in [9.17, 15) is 18.0 Å². The molecular weight excluding hydrogens is 413 g/mol. The molecule has 0 saturated carbocycles. The number of alkyl halides is 3. The van der Waals surface area contributed by atoms with E-state index in [-0.39, 0.29) is 22.6 Å². The molecule has 0 aliphatic carbocycles. The van der Waals surface area contributed by atoms with Crippen molar-refractivity contribution >= 4 is 39.9 Å².